The summed E-state index contributed by atoms with van der Waals surface area (Å²) in [7, 11) is -0.886. The molecule has 5 heteroatoms. The van der Waals surface area contributed by atoms with Gasteiger partial charge in [-0.2, -0.15) is 0 Å². The summed E-state index contributed by atoms with van der Waals surface area (Å²) in [5.41, 5.74) is 2.19. The van der Waals surface area contributed by atoms with E-state index in [0.717, 1.165) is 44.1 Å². The van der Waals surface area contributed by atoms with Crippen LogP contribution in [0, 0.1) is 0 Å². The minimum Gasteiger partial charge on any atom is -0.481 e. The first kappa shape index (κ1) is 27.3. The van der Waals surface area contributed by atoms with Crippen LogP contribution < -0.4 is 0 Å². The van der Waals surface area contributed by atoms with Crippen LogP contribution in [0.4, 0.5) is 0 Å². The third-order valence-electron chi connectivity index (χ3n) is 6.92. The zero-order chi connectivity index (χ0) is 24.2. The molecule has 2 rings (SSSR count). The second-order valence-electron chi connectivity index (χ2n) is 9.63. The number of aliphatic hydroxyl groups is 1. The molecule has 3 atom stereocenters. The molecule has 2 aromatic rings. The van der Waals surface area contributed by atoms with Crippen LogP contribution in [0.25, 0.3) is 0 Å². The molecule has 0 aromatic heterocycles. The molecule has 2 aromatic carbocycles. The molecule has 0 saturated heterocycles. The van der Waals surface area contributed by atoms with E-state index in [1.165, 1.54) is 5.56 Å². The summed E-state index contributed by atoms with van der Waals surface area (Å²) in [4.78, 5) is 11.2. The number of benzene rings is 2. The van der Waals surface area contributed by atoms with E-state index in [-0.39, 0.29) is 23.9 Å². The molecule has 0 saturated carbocycles. The smallest absolute Gasteiger partial charge is 0.303 e. The molecule has 0 fully saturated rings. The van der Waals surface area contributed by atoms with E-state index in [1.54, 1.807) is 0 Å². The number of carboxylic acid groups (broad SMARTS) is 1. The lowest BCUT2D eigenvalue weighted by molar-refractivity contribution is -0.137. The van der Waals surface area contributed by atoms with Crippen molar-refractivity contribution >= 4 is 16.8 Å². The van der Waals surface area contributed by atoms with Gasteiger partial charge in [0, 0.05) is 35.3 Å². The van der Waals surface area contributed by atoms with Gasteiger partial charge in [-0.25, -0.2) is 0 Å². The van der Waals surface area contributed by atoms with Crippen molar-refractivity contribution in [1.82, 2.24) is 0 Å². The lowest BCUT2D eigenvalue weighted by Gasteiger charge is -2.31. The quantitative estimate of drug-likeness (QED) is 0.321. The molecular weight excluding hydrogens is 432 g/mol. The monoisotopic (exact) mass is 472 g/mol. The molecule has 33 heavy (non-hydrogen) atoms. The van der Waals surface area contributed by atoms with Crippen LogP contribution in [-0.4, -0.2) is 38.5 Å². The Morgan fingerprint density at radius 3 is 1.61 bits per heavy atom. The number of carbonyl (C=O) groups is 1. The lowest BCUT2D eigenvalue weighted by Crippen LogP contribution is -2.25. The highest BCUT2D eigenvalue weighted by molar-refractivity contribution is 7.84. The van der Waals surface area contributed by atoms with Crippen LogP contribution in [0.2, 0.25) is 0 Å². The number of aliphatic hydroxyl groups excluding tert-OH is 1. The maximum Gasteiger partial charge on any atom is 0.303 e. The number of aliphatic carboxylic acids is 1. The van der Waals surface area contributed by atoms with Crippen molar-refractivity contribution in [2.75, 3.05) is 18.1 Å². The number of rotatable bonds is 16. The average Bonchev–Trinajstić information content (AvgIpc) is 2.82. The normalized spacial score (nSPS) is 16.0. The van der Waals surface area contributed by atoms with Gasteiger partial charge in [0.15, 0.2) is 0 Å². The van der Waals surface area contributed by atoms with E-state index in [1.807, 2.05) is 24.3 Å². The molecule has 0 amide bonds. The number of carboxylic acids is 1. The van der Waals surface area contributed by atoms with Gasteiger partial charge in [-0.1, -0.05) is 74.5 Å². The Bertz CT molecular complexity index is 855. The summed E-state index contributed by atoms with van der Waals surface area (Å²) in [5.74, 6) is 0.552. The van der Waals surface area contributed by atoms with Crippen molar-refractivity contribution in [3.8, 4) is 0 Å². The van der Waals surface area contributed by atoms with Crippen LogP contribution in [0.5, 0.6) is 0 Å². The van der Waals surface area contributed by atoms with Crippen LogP contribution in [0.15, 0.2) is 60.7 Å². The highest BCUT2D eigenvalue weighted by atomic mass is 32.2. The standard InChI is InChI=1S/C28H40O4S/c1-27(17-9-21-29,24-12-5-3-6-13-24)18-10-22-33(32)23-11-19-28(2,20-16-26(30)31)25-14-7-4-8-15-25/h3-8,12-15,29H,9-11,16-23H2,1-2H3,(H,30,31). The van der Waals surface area contributed by atoms with Crippen LogP contribution in [0.1, 0.15) is 76.3 Å². The molecule has 2 N–H and O–H groups in total. The van der Waals surface area contributed by atoms with Crippen LogP contribution >= 0.6 is 0 Å². The molecule has 0 radical (unpaired) electrons. The van der Waals surface area contributed by atoms with E-state index in [2.05, 4.69) is 50.2 Å². The second kappa shape index (κ2) is 13.7. The third kappa shape index (κ3) is 9.05. The fourth-order valence-corrected chi connectivity index (χ4v) is 5.85. The average molecular weight is 473 g/mol. The molecule has 0 aliphatic carbocycles. The van der Waals surface area contributed by atoms with Crippen molar-refractivity contribution in [2.24, 2.45) is 0 Å². The molecule has 4 nitrogen and oxygen atoms in total. The Hall–Kier alpha value is -1.98. The Morgan fingerprint density at radius 1 is 0.758 bits per heavy atom. The molecule has 0 spiro atoms. The van der Waals surface area contributed by atoms with Crippen LogP contribution in [0.3, 0.4) is 0 Å². The number of hydrogen-bond acceptors (Lipinski definition) is 3. The first-order chi connectivity index (χ1) is 15.8. The molecule has 182 valence electrons. The van der Waals surface area contributed by atoms with E-state index in [9.17, 15) is 19.2 Å². The minimum atomic E-state index is -0.886. The number of hydrogen-bond donors (Lipinski definition) is 2. The summed E-state index contributed by atoms with van der Waals surface area (Å²) in [6.07, 6.45) is 5.88. The molecule has 0 bridgehead atoms. The highest BCUT2D eigenvalue weighted by Crippen LogP contribution is 2.35. The Morgan fingerprint density at radius 2 is 1.18 bits per heavy atom. The van der Waals surface area contributed by atoms with Crippen molar-refractivity contribution in [2.45, 2.75) is 76.0 Å². The van der Waals surface area contributed by atoms with E-state index in [0.29, 0.717) is 17.9 Å². The SMILES string of the molecule is CC(CCCO)(CCCS(=O)CCCC(C)(CCC(=O)O)c1ccccc1)c1ccccc1. The topological polar surface area (TPSA) is 74.6 Å². The predicted octanol–water partition coefficient (Wildman–Crippen LogP) is 5.85. The maximum absolute atomic E-state index is 12.7. The van der Waals surface area contributed by atoms with Crippen molar-refractivity contribution in [3.05, 3.63) is 71.8 Å². The zero-order valence-corrected chi connectivity index (χ0v) is 21.0. The first-order valence-electron chi connectivity index (χ1n) is 12.1. The molecule has 0 heterocycles. The van der Waals surface area contributed by atoms with Gasteiger partial charge in [0.2, 0.25) is 0 Å². The van der Waals surface area contributed by atoms with Crippen molar-refractivity contribution in [3.63, 3.8) is 0 Å². The van der Waals surface area contributed by atoms with Gasteiger partial charge in [-0.3, -0.25) is 9.00 Å². The van der Waals surface area contributed by atoms with Crippen LogP contribution in [-0.2, 0) is 26.4 Å². The molecule has 0 aliphatic heterocycles. The van der Waals surface area contributed by atoms with E-state index in [4.69, 9.17) is 0 Å². The van der Waals surface area contributed by atoms with Crippen molar-refractivity contribution in [1.29, 1.82) is 0 Å². The van der Waals surface area contributed by atoms with E-state index < -0.39 is 16.8 Å². The third-order valence-corrected chi connectivity index (χ3v) is 8.41. The Labute approximate surface area is 201 Å². The largest absolute Gasteiger partial charge is 0.481 e. The summed E-state index contributed by atoms with van der Waals surface area (Å²) >= 11 is 0. The van der Waals surface area contributed by atoms with Gasteiger partial charge in [0.1, 0.15) is 0 Å². The molecular formula is C28H40O4S. The zero-order valence-electron chi connectivity index (χ0n) is 20.2. The summed E-state index contributed by atoms with van der Waals surface area (Å²) < 4.78 is 12.7. The van der Waals surface area contributed by atoms with Gasteiger partial charge >= 0.3 is 5.97 Å². The highest BCUT2D eigenvalue weighted by Gasteiger charge is 2.28. The predicted molar refractivity (Wildman–Crippen MR) is 137 cm³/mol. The van der Waals surface area contributed by atoms with Crippen molar-refractivity contribution < 1.29 is 19.2 Å². The maximum atomic E-state index is 12.7. The Kier molecular flexibility index (Phi) is 11.3. The molecule has 3 unspecified atom stereocenters. The first-order valence-corrected chi connectivity index (χ1v) is 13.6. The van der Waals surface area contributed by atoms with Gasteiger partial charge in [-0.15, -0.1) is 0 Å². The summed E-state index contributed by atoms with van der Waals surface area (Å²) in [6, 6.07) is 20.5. The van der Waals surface area contributed by atoms with Gasteiger partial charge in [0.25, 0.3) is 0 Å². The lowest BCUT2D eigenvalue weighted by atomic mass is 9.75. The van der Waals surface area contributed by atoms with Gasteiger partial charge in [-0.05, 0) is 66.9 Å². The van der Waals surface area contributed by atoms with E-state index >= 15 is 0 Å². The Balaban J connectivity index is 1.87. The second-order valence-corrected chi connectivity index (χ2v) is 11.3. The fraction of sp³-hybridized carbons (Fsp3) is 0.536. The summed E-state index contributed by atoms with van der Waals surface area (Å²) in [5, 5.41) is 18.5. The van der Waals surface area contributed by atoms with Gasteiger partial charge in [0.05, 0.1) is 0 Å². The van der Waals surface area contributed by atoms with Gasteiger partial charge < -0.3 is 10.2 Å². The minimum absolute atomic E-state index is 0.0170. The summed E-state index contributed by atoms with van der Waals surface area (Å²) in [6.45, 7) is 4.56. The fourth-order valence-electron chi connectivity index (χ4n) is 4.71. The molecule has 0 aliphatic rings.